The number of hydrogen-bond acceptors (Lipinski definition) is 1. The molecule has 0 aromatic heterocycles. The molecule has 0 saturated heterocycles. The van der Waals surface area contributed by atoms with Crippen molar-refractivity contribution in [1.82, 2.24) is 0 Å². The van der Waals surface area contributed by atoms with E-state index in [1.54, 1.807) is 0 Å². The largest absolute Gasteiger partial charge is 0.368 e. The number of rotatable bonds is 0. The van der Waals surface area contributed by atoms with Crippen LogP contribution in [0.5, 0.6) is 0 Å². The molecule has 1 aromatic carbocycles. The second kappa shape index (κ2) is 2.78. The number of anilines is 1. The summed E-state index contributed by atoms with van der Waals surface area (Å²) in [5, 5.41) is 0. The van der Waals surface area contributed by atoms with Crippen molar-refractivity contribution in [3.8, 4) is 0 Å². The molecule has 2 rings (SSSR count). The first-order chi connectivity index (χ1) is 6.80. The average Bonchev–Trinajstić information content (AvgIpc) is 2.27. The van der Waals surface area contributed by atoms with Gasteiger partial charge in [0, 0.05) is 23.7 Å². The van der Waals surface area contributed by atoms with Crippen LogP contribution < -0.4 is 4.90 Å². The van der Waals surface area contributed by atoms with Crippen LogP contribution in [0, 0.1) is 6.92 Å². The van der Waals surface area contributed by atoms with Crippen LogP contribution in [0.15, 0.2) is 18.2 Å². The minimum atomic E-state index is 0.182. The highest BCUT2D eigenvalue weighted by atomic mass is 15.2. The van der Waals surface area contributed by atoms with E-state index in [-0.39, 0.29) is 11.0 Å². The lowest BCUT2D eigenvalue weighted by molar-refractivity contribution is 0.321. The maximum Gasteiger partial charge on any atom is 0.0434 e. The molecule has 0 fully saturated rings. The van der Waals surface area contributed by atoms with Gasteiger partial charge in [0.05, 0.1) is 0 Å². The first kappa shape index (κ1) is 10.5. The maximum absolute atomic E-state index is 2.41. The Morgan fingerprint density at radius 2 is 1.67 bits per heavy atom. The zero-order valence-corrected chi connectivity index (χ0v) is 10.7. The molecular weight excluding hydrogens is 182 g/mol. The fourth-order valence-corrected chi connectivity index (χ4v) is 2.77. The fourth-order valence-electron chi connectivity index (χ4n) is 2.77. The van der Waals surface area contributed by atoms with E-state index < -0.39 is 0 Å². The predicted octanol–water partition coefficient (Wildman–Crippen LogP) is 3.50. The maximum atomic E-state index is 2.41. The molecule has 0 N–H and O–H groups in total. The monoisotopic (exact) mass is 203 g/mol. The van der Waals surface area contributed by atoms with Gasteiger partial charge in [0.15, 0.2) is 0 Å². The van der Waals surface area contributed by atoms with Crippen LogP contribution in [-0.2, 0) is 5.41 Å². The summed E-state index contributed by atoms with van der Waals surface area (Å²) in [6.45, 7) is 11.6. The molecule has 1 nitrogen and oxygen atoms in total. The molecule has 15 heavy (non-hydrogen) atoms. The van der Waals surface area contributed by atoms with E-state index in [1.165, 1.54) is 16.8 Å². The first-order valence-corrected chi connectivity index (χ1v) is 5.64. The number of benzene rings is 1. The number of fused-ring (bicyclic) bond motifs is 1. The minimum Gasteiger partial charge on any atom is -0.368 e. The summed E-state index contributed by atoms with van der Waals surface area (Å²) in [7, 11) is 2.20. The molecule has 1 aliphatic heterocycles. The third-order valence-electron chi connectivity index (χ3n) is 4.61. The Morgan fingerprint density at radius 3 is 2.20 bits per heavy atom. The Bertz CT molecular complexity index is 402. The van der Waals surface area contributed by atoms with Gasteiger partial charge in [0.1, 0.15) is 0 Å². The van der Waals surface area contributed by atoms with E-state index in [2.05, 4.69) is 64.8 Å². The molecule has 0 atom stereocenters. The summed E-state index contributed by atoms with van der Waals surface area (Å²) in [4.78, 5) is 2.41. The highest BCUT2D eigenvalue weighted by molar-refractivity contribution is 5.67. The summed E-state index contributed by atoms with van der Waals surface area (Å²) >= 11 is 0. The molecule has 0 bridgehead atoms. The van der Waals surface area contributed by atoms with Crippen LogP contribution in [0.4, 0.5) is 5.69 Å². The predicted molar refractivity (Wildman–Crippen MR) is 66.7 cm³/mol. The van der Waals surface area contributed by atoms with E-state index in [0.717, 1.165) is 0 Å². The molecule has 1 heteroatoms. The van der Waals surface area contributed by atoms with Crippen LogP contribution in [0.2, 0.25) is 0 Å². The molecule has 0 spiro atoms. The molecule has 0 aliphatic carbocycles. The zero-order valence-electron chi connectivity index (χ0n) is 10.7. The van der Waals surface area contributed by atoms with Gasteiger partial charge in [-0.2, -0.15) is 0 Å². The fraction of sp³-hybridized carbons (Fsp3) is 0.571. The lowest BCUT2D eigenvalue weighted by Gasteiger charge is -2.40. The van der Waals surface area contributed by atoms with Gasteiger partial charge in [-0.3, -0.25) is 0 Å². The standard InChI is InChI=1S/C14H21N/c1-10-8-7-9-11-12(10)13(2,3)14(4,5)15(11)6/h7-9H,1-6H3. The van der Waals surface area contributed by atoms with Crippen LogP contribution in [0.3, 0.4) is 0 Å². The molecule has 0 unspecified atom stereocenters. The van der Waals surface area contributed by atoms with Crippen molar-refractivity contribution in [3.05, 3.63) is 29.3 Å². The van der Waals surface area contributed by atoms with E-state index in [1.807, 2.05) is 0 Å². The smallest absolute Gasteiger partial charge is 0.0434 e. The van der Waals surface area contributed by atoms with Gasteiger partial charge < -0.3 is 4.90 Å². The van der Waals surface area contributed by atoms with Crippen molar-refractivity contribution >= 4 is 5.69 Å². The third kappa shape index (κ3) is 1.09. The second-order valence-corrected chi connectivity index (χ2v) is 5.71. The molecule has 0 saturated carbocycles. The average molecular weight is 203 g/mol. The van der Waals surface area contributed by atoms with Crippen molar-refractivity contribution in [2.75, 3.05) is 11.9 Å². The van der Waals surface area contributed by atoms with Crippen molar-refractivity contribution in [2.45, 2.75) is 45.6 Å². The van der Waals surface area contributed by atoms with Gasteiger partial charge in [0.2, 0.25) is 0 Å². The number of likely N-dealkylation sites (N-methyl/N-ethyl adjacent to an activating group) is 1. The topological polar surface area (TPSA) is 3.24 Å². The van der Waals surface area contributed by atoms with E-state index in [4.69, 9.17) is 0 Å². The molecule has 82 valence electrons. The lowest BCUT2D eigenvalue weighted by Crippen LogP contribution is -2.49. The van der Waals surface area contributed by atoms with E-state index >= 15 is 0 Å². The normalized spacial score (nSPS) is 21.6. The number of nitrogens with zero attached hydrogens (tertiary/aromatic N) is 1. The lowest BCUT2D eigenvalue weighted by atomic mass is 9.71. The molecule has 0 radical (unpaired) electrons. The number of hydrogen-bond donors (Lipinski definition) is 0. The van der Waals surface area contributed by atoms with Crippen molar-refractivity contribution in [1.29, 1.82) is 0 Å². The van der Waals surface area contributed by atoms with Crippen LogP contribution >= 0.6 is 0 Å². The summed E-state index contributed by atoms with van der Waals surface area (Å²) in [5.41, 5.74) is 4.71. The molecular formula is C14H21N. The minimum absolute atomic E-state index is 0.182. The molecule has 1 aliphatic rings. The summed E-state index contributed by atoms with van der Waals surface area (Å²) in [6.07, 6.45) is 0. The van der Waals surface area contributed by atoms with Crippen LogP contribution in [0.25, 0.3) is 0 Å². The van der Waals surface area contributed by atoms with E-state index in [9.17, 15) is 0 Å². The van der Waals surface area contributed by atoms with Gasteiger partial charge in [0.25, 0.3) is 0 Å². The van der Waals surface area contributed by atoms with Crippen LogP contribution in [0.1, 0.15) is 38.8 Å². The quantitative estimate of drug-likeness (QED) is 0.624. The van der Waals surface area contributed by atoms with E-state index in [0.29, 0.717) is 0 Å². The van der Waals surface area contributed by atoms with Gasteiger partial charge in [-0.25, -0.2) is 0 Å². The first-order valence-electron chi connectivity index (χ1n) is 5.64. The highest BCUT2D eigenvalue weighted by Gasteiger charge is 2.49. The summed E-state index contributed by atoms with van der Waals surface area (Å²) in [5.74, 6) is 0. The SMILES string of the molecule is Cc1cccc2c1C(C)(C)C(C)(C)N2C. The summed E-state index contributed by atoms with van der Waals surface area (Å²) in [6, 6.07) is 6.61. The molecule has 0 amide bonds. The Hall–Kier alpha value is -0.980. The van der Waals surface area contributed by atoms with Gasteiger partial charge in [-0.15, -0.1) is 0 Å². The Kier molecular flexibility index (Phi) is 1.95. The van der Waals surface area contributed by atoms with Crippen molar-refractivity contribution in [2.24, 2.45) is 0 Å². The number of aryl methyl sites for hydroxylation is 1. The second-order valence-electron chi connectivity index (χ2n) is 5.71. The van der Waals surface area contributed by atoms with Crippen molar-refractivity contribution in [3.63, 3.8) is 0 Å². The Morgan fingerprint density at radius 1 is 1.07 bits per heavy atom. The summed E-state index contributed by atoms with van der Waals surface area (Å²) < 4.78 is 0. The molecule has 1 heterocycles. The Balaban J connectivity index is 2.75. The Labute approximate surface area is 93.1 Å². The van der Waals surface area contributed by atoms with Gasteiger partial charge in [-0.1, -0.05) is 26.0 Å². The van der Waals surface area contributed by atoms with Crippen molar-refractivity contribution < 1.29 is 0 Å². The van der Waals surface area contributed by atoms with Gasteiger partial charge >= 0.3 is 0 Å². The third-order valence-corrected chi connectivity index (χ3v) is 4.61. The molecule has 1 aromatic rings. The van der Waals surface area contributed by atoms with Crippen LogP contribution in [-0.4, -0.2) is 12.6 Å². The zero-order chi connectivity index (χ0) is 11.4. The van der Waals surface area contributed by atoms with Gasteiger partial charge in [-0.05, 0) is 38.0 Å². The highest BCUT2D eigenvalue weighted by Crippen LogP contribution is 2.51.